The van der Waals surface area contributed by atoms with Crippen molar-refractivity contribution in [2.45, 2.75) is 18.9 Å². The minimum absolute atomic E-state index is 0.0283. The molecular formula is C14H16O5. The van der Waals surface area contributed by atoms with Crippen LogP contribution in [-0.4, -0.2) is 32.6 Å². The fourth-order valence-corrected chi connectivity index (χ4v) is 2.30. The normalized spacial score (nSPS) is 22.4. The highest BCUT2D eigenvalue weighted by Crippen LogP contribution is 2.41. The smallest absolute Gasteiger partial charge is 0.343 e. The largest absolute Gasteiger partial charge is 0.496 e. The van der Waals surface area contributed by atoms with Crippen molar-refractivity contribution in [2.24, 2.45) is 0 Å². The van der Waals surface area contributed by atoms with Gasteiger partial charge in [-0.05, 0) is 19.1 Å². The first-order chi connectivity index (χ1) is 9.03. The summed E-state index contributed by atoms with van der Waals surface area (Å²) in [7, 11) is 2.79. The van der Waals surface area contributed by atoms with Gasteiger partial charge < -0.3 is 14.2 Å². The molecular weight excluding hydrogens is 248 g/mol. The molecule has 19 heavy (non-hydrogen) atoms. The van der Waals surface area contributed by atoms with Gasteiger partial charge in [0.05, 0.1) is 20.6 Å². The summed E-state index contributed by atoms with van der Waals surface area (Å²) in [6, 6.07) is 5.40. The molecule has 0 amide bonds. The number of methoxy groups -OCH3 is 2. The number of carbonyl (C=O) groups is 2. The summed E-state index contributed by atoms with van der Waals surface area (Å²) in [5.74, 6) is -0.207. The molecule has 1 aliphatic rings. The van der Waals surface area contributed by atoms with E-state index < -0.39 is 11.6 Å². The van der Waals surface area contributed by atoms with Gasteiger partial charge in [0.25, 0.3) is 0 Å². The molecule has 0 saturated carbocycles. The number of benzene rings is 1. The average Bonchev–Trinajstić information content (AvgIpc) is 2.81. The van der Waals surface area contributed by atoms with E-state index in [0.29, 0.717) is 11.3 Å². The molecule has 0 bridgehead atoms. The second-order valence-corrected chi connectivity index (χ2v) is 4.53. The third kappa shape index (κ3) is 2.21. The molecule has 2 rings (SSSR count). The maximum absolute atomic E-state index is 12.1. The van der Waals surface area contributed by atoms with Crippen LogP contribution in [0.5, 0.6) is 5.75 Å². The first kappa shape index (κ1) is 13.5. The lowest BCUT2D eigenvalue weighted by molar-refractivity contribution is -0.165. The van der Waals surface area contributed by atoms with Crippen LogP contribution >= 0.6 is 0 Å². The molecule has 0 aromatic heterocycles. The van der Waals surface area contributed by atoms with Crippen LogP contribution in [0.1, 0.15) is 17.5 Å². The Balaban J connectivity index is 2.59. The van der Waals surface area contributed by atoms with E-state index in [1.165, 1.54) is 14.2 Å². The van der Waals surface area contributed by atoms with Gasteiger partial charge in [-0.1, -0.05) is 11.6 Å². The maximum Gasteiger partial charge on any atom is 0.343 e. The van der Waals surface area contributed by atoms with E-state index in [1.807, 2.05) is 13.0 Å². The molecule has 1 aromatic carbocycles. The summed E-state index contributed by atoms with van der Waals surface area (Å²) in [6.07, 6.45) is -0.0283. The second kappa shape index (κ2) is 5.01. The highest BCUT2D eigenvalue weighted by Gasteiger charge is 2.50. The van der Waals surface area contributed by atoms with Gasteiger partial charge in [-0.15, -0.1) is 0 Å². The Morgan fingerprint density at radius 3 is 2.63 bits per heavy atom. The molecule has 1 unspecified atom stereocenters. The van der Waals surface area contributed by atoms with Gasteiger partial charge in [-0.3, -0.25) is 4.79 Å². The van der Waals surface area contributed by atoms with Crippen LogP contribution in [0.15, 0.2) is 18.2 Å². The minimum atomic E-state index is -1.39. The molecule has 0 aliphatic carbocycles. The van der Waals surface area contributed by atoms with Crippen LogP contribution in [0.4, 0.5) is 0 Å². The molecule has 1 atom stereocenters. The van der Waals surface area contributed by atoms with Crippen molar-refractivity contribution in [2.75, 3.05) is 20.8 Å². The fourth-order valence-electron chi connectivity index (χ4n) is 2.30. The van der Waals surface area contributed by atoms with E-state index in [-0.39, 0.29) is 18.8 Å². The number of Topliss-reactive ketones (excluding diaryl/α,β-unsaturated/α-hetero) is 1. The molecule has 102 valence electrons. The maximum atomic E-state index is 12.1. The highest BCUT2D eigenvalue weighted by molar-refractivity contribution is 5.94. The molecule has 1 fully saturated rings. The molecule has 1 aromatic rings. The zero-order valence-electron chi connectivity index (χ0n) is 11.2. The standard InChI is InChI=1S/C14H16O5/c1-9-4-5-12(17-2)11(6-9)14(13(16)18-3)7-10(15)8-19-14/h4-6H,7-8H2,1-3H3. The van der Waals surface area contributed by atoms with Crippen LogP contribution in [0.25, 0.3) is 0 Å². The van der Waals surface area contributed by atoms with Crippen LogP contribution in [0, 0.1) is 6.92 Å². The van der Waals surface area contributed by atoms with E-state index in [1.54, 1.807) is 12.1 Å². The predicted octanol–water partition coefficient (Wildman–Crippen LogP) is 1.36. The number of rotatable bonds is 3. The third-order valence-corrected chi connectivity index (χ3v) is 3.23. The Hall–Kier alpha value is -1.88. The van der Waals surface area contributed by atoms with Gasteiger partial charge in [0.15, 0.2) is 5.78 Å². The Morgan fingerprint density at radius 1 is 1.37 bits per heavy atom. The lowest BCUT2D eigenvalue weighted by Gasteiger charge is -2.26. The van der Waals surface area contributed by atoms with Gasteiger partial charge >= 0.3 is 5.97 Å². The first-order valence-electron chi connectivity index (χ1n) is 5.92. The van der Waals surface area contributed by atoms with Crippen LogP contribution in [-0.2, 0) is 24.7 Å². The lowest BCUT2D eigenvalue weighted by atomic mass is 9.88. The van der Waals surface area contributed by atoms with Crippen molar-refractivity contribution >= 4 is 11.8 Å². The molecule has 0 spiro atoms. The average molecular weight is 264 g/mol. The van der Waals surface area contributed by atoms with Crippen LogP contribution in [0.2, 0.25) is 0 Å². The number of aryl methyl sites for hydroxylation is 1. The zero-order valence-corrected chi connectivity index (χ0v) is 11.2. The zero-order chi connectivity index (χ0) is 14.0. The van der Waals surface area contributed by atoms with Crippen molar-refractivity contribution in [3.05, 3.63) is 29.3 Å². The quantitative estimate of drug-likeness (QED) is 0.771. The summed E-state index contributed by atoms with van der Waals surface area (Å²) >= 11 is 0. The summed E-state index contributed by atoms with van der Waals surface area (Å²) in [6.45, 7) is 1.80. The Kier molecular flexibility index (Phi) is 3.57. The van der Waals surface area contributed by atoms with Crippen molar-refractivity contribution < 1.29 is 23.8 Å². The van der Waals surface area contributed by atoms with Crippen molar-refractivity contribution in [3.63, 3.8) is 0 Å². The van der Waals surface area contributed by atoms with E-state index in [4.69, 9.17) is 14.2 Å². The predicted molar refractivity (Wildman–Crippen MR) is 67.0 cm³/mol. The molecule has 5 heteroatoms. The summed E-state index contributed by atoms with van der Waals surface area (Å²) in [4.78, 5) is 23.7. The lowest BCUT2D eigenvalue weighted by Crippen LogP contribution is -2.37. The van der Waals surface area contributed by atoms with Crippen LogP contribution in [0.3, 0.4) is 0 Å². The Bertz CT molecular complexity index is 523. The monoisotopic (exact) mass is 264 g/mol. The second-order valence-electron chi connectivity index (χ2n) is 4.53. The molecule has 0 radical (unpaired) electrons. The highest BCUT2D eigenvalue weighted by atomic mass is 16.6. The van der Waals surface area contributed by atoms with Crippen molar-refractivity contribution in [1.29, 1.82) is 0 Å². The van der Waals surface area contributed by atoms with E-state index in [0.717, 1.165) is 5.56 Å². The molecule has 1 heterocycles. The summed E-state index contributed by atoms with van der Waals surface area (Å²) in [5.41, 5.74) is 0.0955. The number of esters is 1. The van der Waals surface area contributed by atoms with E-state index >= 15 is 0 Å². The third-order valence-electron chi connectivity index (χ3n) is 3.23. The first-order valence-corrected chi connectivity index (χ1v) is 5.92. The fraction of sp³-hybridized carbons (Fsp3) is 0.429. The van der Waals surface area contributed by atoms with Gasteiger partial charge in [-0.2, -0.15) is 0 Å². The minimum Gasteiger partial charge on any atom is -0.496 e. The van der Waals surface area contributed by atoms with Gasteiger partial charge in [0.1, 0.15) is 12.4 Å². The molecule has 1 aliphatic heterocycles. The van der Waals surface area contributed by atoms with Crippen molar-refractivity contribution in [3.8, 4) is 5.75 Å². The summed E-state index contributed by atoms with van der Waals surface area (Å²) in [5, 5.41) is 0. The van der Waals surface area contributed by atoms with Crippen LogP contribution < -0.4 is 4.74 Å². The number of carbonyl (C=O) groups excluding carboxylic acids is 2. The SMILES string of the molecule is COC(=O)C1(c2cc(C)ccc2OC)CC(=O)CO1. The topological polar surface area (TPSA) is 61.8 Å². The number of hydrogen-bond donors (Lipinski definition) is 0. The van der Waals surface area contributed by atoms with Gasteiger partial charge in [0.2, 0.25) is 5.60 Å². The molecule has 0 N–H and O–H groups in total. The Labute approximate surface area is 111 Å². The number of ether oxygens (including phenoxy) is 3. The molecule has 5 nitrogen and oxygen atoms in total. The van der Waals surface area contributed by atoms with Crippen molar-refractivity contribution in [1.82, 2.24) is 0 Å². The molecule has 1 saturated heterocycles. The van der Waals surface area contributed by atoms with E-state index in [2.05, 4.69) is 0 Å². The number of ketones is 1. The van der Waals surface area contributed by atoms with Gasteiger partial charge in [0, 0.05) is 5.56 Å². The van der Waals surface area contributed by atoms with Gasteiger partial charge in [-0.25, -0.2) is 4.79 Å². The number of hydrogen-bond acceptors (Lipinski definition) is 5. The summed E-state index contributed by atoms with van der Waals surface area (Å²) < 4.78 is 15.6. The van der Waals surface area contributed by atoms with E-state index in [9.17, 15) is 9.59 Å². The Morgan fingerprint density at radius 2 is 2.11 bits per heavy atom.